The van der Waals surface area contributed by atoms with Crippen molar-refractivity contribution >= 4 is 10.9 Å². The maximum absolute atomic E-state index is 13.1. The average molecular weight is 319 g/mol. The first-order chi connectivity index (χ1) is 10.9. The number of halogens is 3. The second-order valence-corrected chi connectivity index (χ2v) is 6.12. The number of aromatic nitrogens is 1. The quantitative estimate of drug-likeness (QED) is 0.867. The van der Waals surface area contributed by atoms with Gasteiger partial charge in [0.25, 0.3) is 0 Å². The largest absolute Gasteiger partial charge is 0.391 e. The van der Waals surface area contributed by atoms with Crippen molar-refractivity contribution in [2.45, 2.75) is 37.4 Å². The van der Waals surface area contributed by atoms with Gasteiger partial charge in [0, 0.05) is 17.6 Å². The summed E-state index contributed by atoms with van der Waals surface area (Å²) in [5.74, 6) is -1.65. The van der Waals surface area contributed by atoms with E-state index in [1.165, 1.54) is 0 Å². The van der Waals surface area contributed by atoms with Crippen molar-refractivity contribution in [1.29, 1.82) is 5.26 Å². The Labute approximate surface area is 131 Å². The summed E-state index contributed by atoms with van der Waals surface area (Å²) < 4.78 is 39.4. The Bertz CT molecular complexity index is 764. The van der Waals surface area contributed by atoms with Gasteiger partial charge in [-0.05, 0) is 42.9 Å². The van der Waals surface area contributed by atoms with E-state index in [1.807, 2.05) is 0 Å². The molecule has 1 aromatic carbocycles. The van der Waals surface area contributed by atoms with E-state index in [4.69, 9.17) is 11.0 Å². The predicted molar refractivity (Wildman–Crippen MR) is 80.6 cm³/mol. The Morgan fingerprint density at radius 2 is 1.96 bits per heavy atom. The lowest BCUT2D eigenvalue weighted by atomic mass is 9.74. The predicted octanol–water partition coefficient (Wildman–Crippen LogP) is 3.88. The van der Waals surface area contributed by atoms with Crippen molar-refractivity contribution in [2.24, 2.45) is 11.7 Å². The lowest BCUT2D eigenvalue weighted by molar-refractivity contribution is -0.184. The van der Waals surface area contributed by atoms with Crippen LogP contribution in [0, 0.1) is 17.2 Å². The maximum atomic E-state index is 13.1. The summed E-state index contributed by atoms with van der Waals surface area (Å²) in [7, 11) is 0. The van der Waals surface area contributed by atoms with E-state index in [2.05, 4.69) is 11.1 Å². The zero-order valence-corrected chi connectivity index (χ0v) is 12.3. The van der Waals surface area contributed by atoms with E-state index in [0.29, 0.717) is 17.5 Å². The van der Waals surface area contributed by atoms with Crippen LogP contribution in [-0.4, -0.2) is 17.2 Å². The van der Waals surface area contributed by atoms with Crippen LogP contribution in [0.25, 0.3) is 10.9 Å². The molecule has 0 saturated heterocycles. The molecule has 1 aliphatic carbocycles. The third kappa shape index (κ3) is 3.02. The smallest absolute Gasteiger partial charge is 0.328 e. The van der Waals surface area contributed by atoms with Gasteiger partial charge in [-0.1, -0.05) is 12.1 Å². The van der Waals surface area contributed by atoms with Crippen molar-refractivity contribution < 1.29 is 13.2 Å². The second kappa shape index (κ2) is 5.82. The van der Waals surface area contributed by atoms with E-state index in [0.717, 1.165) is 10.9 Å². The van der Waals surface area contributed by atoms with Crippen LogP contribution in [-0.2, 0) is 0 Å². The molecule has 3 rings (SSSR count). The molecule has 0 aliphatic heterocycles. The molecule has 0 amide bonds. The zero-order chi connectivity index (χ0) is 16.6. The summed E-state index contributed by atoms with van der Waals surface area (Å²) in [6.07, 6.45) is -2.11. The molecule has 1 heterocycles. The molecule has 1 aliphatic rings. The average Bonchev–Trinajstić information content (AvgIpc) is 2.52. The number of pyridine rings is 1. The Hall–Kier alpha value is -2.13. The lowest BCUT2D eigenvalue weighted by Gasteiger charge is -2.35. The molecule has 1 fully saturated rings. The number of hydrogen-bond donors (Lipinski definition) is 1. The zero-order valence-electron chi connectivity index (χ0n) is 12.3. The summed E-state index contributed by atoms with van der Waals surface area (Å²) in [6.45, 7) is 0. The number of benzene rings is 1. The third-order valence-electron chi connectivity index (χ3n) is 4.57. The molecule has 3 nitrogen and oxygen atoms in total. The highest BCUT2D eigenvalue weighted by Crippen LogP contribution is 2.44. The molecule has 2 aromatic rings. The number of fused-ring (bicyclic) bond motifs is 1. The molecular weight excluding hydrogens is 303 g/mol. The molecule has 6 heteroatoms. The van der Waals surface area contributed by atoms with Crippen LogP contribution < -0.4 is 5.73 Å². The van der Waals surface area contributed by atoms with E-state index >= 15 is 0 Å². The highest BCUT2D eigenvalue weighted by Gasteiger charge is 2.44. The number of nitrogens with zero attached hydrogens (tertiary/aromatic N) is 2. The molecule has 23 heavy (non-hydrogen) atoms. The molecule has 1 saturated carbocycles. The first-order valence-corrected chi connectivity index (χ1v) is 7.50. The van der Waals surface area contributed by atoms with Crippen molar-refractivity contribution in [3.05, 3.63) is 41.6 Å². The van der Waals surface area contributed by atoms with Gasteiger partial charge in [-0.2, -0.15) is 18.4 Å². The fourth-order valence-electron chi connectivity index (χ4n) is 3.53. The molecular formula is C17H16F3N3. The van der Waals surface area contributed by atoms with Crippen LogP contribution in [0.15, 0.2) is 30.5 Å². The first-order valence-electron chi connectivity index (χ1n) is 7.50. The minimum Gasteiger partial charge on any atom is -0.328 e. The van der Waals surface area contributed by atoms with Crippen molar-refractivity contribution in [3.63, 3.8) is 0 Å². The van der Waals surface area contributed by atoms with Gasteiger partial charge in [0.05, 0.1) is 17.0 Å². The maximum Gasteiger partial charge on any atom is 0.391 e. The number of alkyl halides is 3. The Morgan fingerprint density at radius 1 is 1.17 bits per heavy atom. The monoisotopic (exact) mass is 319 g/mol. The molecule has 2 N–H and O–H groups in total. The van der Waals surface area contributed by atoms with Gasteiger partial charge in [-0.15, -0.1) is 0 Å². The van der Waals surface area contributed by atoms with Crippen LogP contribution in [0.2, 0.25) is 0 Å². The van der Waals surface area contributed by atoms with Gasteiger partial charge in [0.1, 0.15) is 6.07 Å². The van der Waals surface area contributed by atoms with Crippen LogP contribution >= 0.6 is 0 Å². The normalized spacial score (nSPS) is 25.3. The lowest BCUT2D eigenvalue weighted by Crippen LogP contribution is -2.38. The van der Waals surface area contributed by atoms with Crippen molar-refractivity contribution in [1.82, 2.24) is 4.98 Å². The molecule has 0 spiro atoms. The minimum atomic E-state index is -4.23. The van der Waals surface area contributed by atoms with E-state index < -0.39 is 18.1 Å². The number of hydrogen-bond acceptors (Lipinski definition) is 3. The van der Waals surface area contributed by atoms with E-state index in [1.54, 1.807) is 30.5 Å². The highest BCUT2D eigenvalue weighted by atomic mass is 19.4. The number of nitrogens with two attached hydrogens (primary N) is 1. The SMILES string of the molecule is N#Cc1ccc(C2C[C@H](N)C[C@H](C(F)(F)F)C2)c2cccnc12. The van der Waals surface area contributed by atoms with Gasteiger partial charge in [0.15, 0.2) is 0 Å². The van der Waals surface area contributed by atoms with Crippen LogP contribution in [0.5, 0.6) is 0 Å². The van der Waals surface area contributed by atoms with Gasteiger partial charge in [0.2, 0.25) is 0 Å². The summed E-state index contributed by atoms with van der Waals surface area (Å²) in [5, 5.41) is 9.91. The second-order valence-electron chi connectivity index (χ2n) is 6.12. The summed E-state index contributed by atoms with van der Waals surface area (Å²) >= 11 is 0. The molecule has 3 atom stereocenters. The molecule has 1 aromatic heterocycles. The minimum absolute atomic E-state index is 0.0214. The highest BCUT2D eigenvalue weighted by molar-refractivity contribution is 5.87. The van der Waals surface area contributed by atoms with E-state index in [9.17, 15) is 13.2 Å². The third-order valence-corrected chi connectivity index (χ3v) is 4.57. The number of nitriles is 1. The summed E-state index contributed by atoms with van der Waals surface area (Å²) in [4.78, 5) is 4.22. The fraction of sp³-hybridized carbons (Fsp3) is 0.412. The van der Waals surface area contributed by atoms with Gasteiger partial charge >= 0.3 is 6.18 Å². The molecule has 0 bridgehead atoms. The van der Waals surface area contributed by atoms with Crippen LogP contribution in [0.3, 0.4) is 0 Å². The van der Waals surface area contributed by atoms with Crippen molar-refractivity contribution in [2.75, 3.05) is 0 Å². The molecule has 120 valence electrons. The van der Waals surface area contributed by atoms with Crippen molar-refractivity contribution in [3.8, 4) is 6.07 Å². The summed E-state index contributed by atoms with van der Waals surface area (Å²) in [6, 6.07) is 8.53. The summed E-state index contributed by atoms with van der Waals surface area (Å²) in [5.41, 5.74) is 7.65. The standard InChI is InChI=1S/C17H16F3N3/c18-17(19,20)12-6-11(7-13(22)8-12)14-4-3-10(9-21)16-15(14)2-1-5-23-16/h1-5,11-13H,6-8,22H2/t11?,12-,13+/m1/s1. The van der Waals surface area contributed by atoms with Gasteiger partial charge < -0.3 is 5.73 Å². The first kappa shape index (κ1) is 15.8. The fourth-order valence-corrected chi connectivity index (χ4v) is 3.53. The number of rotatable bonds is 1. The topological polar surface area (TPSA) is 62.7 Å². The Balaban J connectivity index is 2.05. The molecule has 0 radical (unpaired) electrons. The Morgan fingerprint density at radius 3 is 2.65 bits per heavy atom. The van der Waals surface area contributed by atoms with Crippen LogP contribution in [0.1, 0.15) is 36.3 Å². The van der Waals surface area contributed by atoms with E-state index in [-0.39, 0.29) is 18.8 Å². The molecule has 1 unspecified atom stereocenters. The van der Waals surface area contributed by atoms with Gasteiger partial charge in [-0.25, -0.2) is 0 Å². The van der Waals surface area contributed by atoms with Crippen LogP contribution in [0.4, 0.5) is 13.2 Å². The Kier molecular flexibility index (Phi) is 3.99. The van der Waals surface area contributed by atoms with Gasteiger partial charge in [-0.3, -0.25) is 4.98 Å².